The lowest BCUT2D eigenvalue weighted by molar-refractivity contribution is -0.147. The van der Waals surface area contributed by atoms with Crippen molar-refractivity contribution in [1.82, 2.24) is 16.0 Å². The first kappa shape index (κ1) is 26.9. The molecule has 1 rings (SSSR count). The summed E-state index contributed by atoms with van der Waals surface area (Å²) in [7, 11) is 1.46. The van der Waals surface area contributed by atoms with Gasteiger partial charge in [0.15, 0.2) is 0 Å². The van der Waals surface area contributed by atoms with Crippen molar-refractivity contribution >= 4 is 23.9 Å². The first-order valence-corrected chi connectivity index (χ1v) is 10.4. The molecule has 1 aromatic carbocycles. The zero-order chi connectivity index (χ0) is 24.5. The minimum absolute atomic E-state index is 0.0311. The summed E-state index contributed by atoms with van der Waals surface area (Å²) >= 11 is 0. The van der Waals surface area contributed by atoms with Crippen LogP contribution in [0.15, 0.2) is 30.3 Å². The summed E-state index contributed by atoms with van der Waals surface area (Å²) in [6, 6.07) is 6.89. The molecule has 3 amide bonds. The van der Waals surface area contributed by atoms with E-state index in [9.17, 15) is 19.2 Å². The van der Waals surface area contributed by atoms with E-state index in [1.807, 2.05) is 18.2 Å². The minimum atomic E-state index is -1.29. The molecule has 0 aliphatic carbocycles. The van der Waals surface area contributed by atoms with Gasteiger partial charge in [0.2, 0.25) is 11.8 Å². The van der Waals surface area contributed by atoms with Crippen molar-refractivity contribution in [2.75, 3.05) is 7.05 Å². The summed E-state index contributed by atoms with van der Waals surface area (Å²) < 4.78 is 10.5. The van der Waals surface area contributed by atoms with Crippen LogP contribution in [0.4, 0.5) is 4.79 Å². The van der Waals surface area contributed by atoms with E-state index in [-0.39, 0.29) is 6.61 Å². The van der Waals surface area contributed by atoms with Crippen LogP contribution in [-0.2, 0) is 30.5 Å². The second-order valence-electron chi connectivity index (χ2n) is 9.47. The van der Waals surface area contributed by atoms with Crippen LogP contribution < -0.4 is 16.0 Å². The maximum absolute atomic E-state index is 13.0. The number of rotatable bonds is 8. The number of nitrogens with one attached hydrogen (secondary N) is 3. The van der Waals surface area contributed by atoms with E-state index in [1.54, 1.807) is 53.7 Å². The summed E-state index contributed by atoms with van der Waals surface area (Å²) in [4.78, 5) is 49.9. The molecular weight excluding hydrogens is 414 g/mol. The van der Waals surface area contributed by atoms with Crippen molar-refractivity contribution in [3.8, 4) is 0 Å². The molecule has 0 saturated carbocycles. The van der Waals surface area contributed by atoms with E-state index in [0.717, 1.165) is 5.56 Å². The van der Waals surface area contributed by atoms with Gasteiger partial charge in [-0.2, -0.15) is 0 Å². The lowest BCUT2D eigenvalue weighted by atomic mass is 9.86. The topological polar surface area (TPSA) is 123 Å². The van der Waals surface area contributed by atoms with Gasteiger partial charge in [0.05, 0.1) is 6.42 Å². The molecule has 3 N–H and O–H groups in total. The highest BCUT2D eigenvalue weighted by Crippen LogP contribution is 2.20. The monoisotopic (exact) mass is 449 g/mol. The van der Waals surface area contributed by atoms with Crippen LogP contribution in [0.3, 0.4) is 0 Å². The fourth-order valence-corrected chi connectivity index (χ4v) is 2.69. The second kappa shape index (κ2) is 11.5. The fourth-order valence-electron chi connectivity index (χ4n) is 2.69. The maximum atomic E-state index is 13.0. The number of hydrogen-bond donors (Lipinski definition) is 3. The van der Waals surface area contributed by atoms with Crippen LogP contribution in [-0.4, -0.2) is 48.6 Å². The van der Waals surface area contributed by atoms with Crippen molar-refractivity contribution in [2.24, 2.45) is 5.41 Å². The molecule has 178 valence electrons. The second-order valence-corrected chi connectivity index (χ2v) is 9.47. The van der Waals surface area contributed by atoms with Gasteiger partial charge in [-0.3, -0.25) is 14.4 Å². The predicted octanol–water partition coefficient (Wildman–Crippen LogP) is 2.29. The van der Waals surface area contributed by atoms with E-state index >= 15 is 0 Å². The molecule has 0 spiro atoms. The Morgan fingerprint density at radius 2 is 1.50 bits per heavy atom. The van der Waals surface area contributed by atoms with Gasteiger partial charge < -0.3 is 25.4 Å². The normalized spacial score (nSPS) is 13.3. The quantitative estimate of drug-likeness (QED) is 0.523. The van der Waals surface area contributed by atoms with Crippen molar-refractivity contribution in [3.63, 3.8) is 0 Å². The zero-order valence-electron chi connectivity index (χ0n) is 19.9. The molecule has 2 atom stereocenters. The van der Waals surface area contributed by atoms with Crippen molar-refractivity contribution in [2.45, 2.75) is 72.3 Å². The number of amides is 3. The van der Waals surface area contributed by atoms with Crippen LogP contribution in [0.1, 0.15) is 53.5 Å². The third-order valence-electron chi connectivity index (χ3n) is 4.28. The Morgan fingerprint density at radius 1 is 0.906 bits per heavy atom. The van der Waals surface area contributed by atoms with Gasteiger partial charge in [0, 0.05) is 7.05 Å². The maximum Gasteiger partial charge on any atom is 0.408 e. The Labute approximate surface area is 189 Å². The van der Waals surface area contributed by atoms with E-state index in [0.29, 0.717) is 0 Å². The number of alkyl carbamates (subject to hydrolysis) is 1. The Bertz CT molecular complexity index is 796. The Morgan fingerprint density at radius 3 is 2.00 bits per heavy atom. The summed E-state index contributed by atoms with van der Waals surface area (Å²) in [5, 5.41) is 7.55. The van der Waals surface area contributed by atoms with Gasteiger partial charge in [-0.05, 0) is 31.7 Å². The third-order valence-corrected chi connectivity index (χ3v) is 4.28. The largest absolute Gasteiger partial charge is 0.461 e. The van der Waals surface area contributed by atoms with Crippen molar-refractivity contribution in [3.05, 3.63) is 35.9 Å². The highest BCUT2D eigenvalue weighted by atomic mass is 16.6. The average Bonchev–Trinajstić information content (AvgIpc) is 2.67. The molecule has 0 radical (unpaired) electrons. The fraction of sp³-hybridized carbons (Fsp3) is 0.565. The predicted molar refractivity (Wildman–Crippen MR) is 119 cm³/mol. The Balaban J connectivity index is 2.94. The average molecular weight is 450 g/mol. The number of carbonyl (C=O) groups excluding carboxylic acids is 4. The first-order valence-electron chi connectivity index (χ1n) is 10.4. The van der Waals surface area contributed by atoms with Gasteiger partial charge in [-0.1, -0.05) is 51.1 Å². The number of benzene rings is 1. The van der Waals surface area contributed by atoms with Gasteiger partial charge in [-0.15, -0.1) is 0 Å². The highest BCUT2D eigenvalue weighted by Gasteiger charge is 2.35. The van der Waals surface area contributed by atoms with E-state index in [2.05, 4.69) is 16.0 Å². The molecule has 0 bridgehead atoms. The number of likely N-dealkylation sites (N-methyl/N-ethyl adjacent to an activating group) is 1. The molecule has 0 aliphatic heterocycles. The molecule has 0 heterocycles. The van der Waals surface area contributed by atoms with Crippen molar-refractivity contribution in [1.29, 1.82) is 0 Å². The molecule has 2 unspecified atom stereocenters. The van der Waals surface area contributed by atoms with Crippen molar-refractivity contribution < 1.29 is 28.7 Å². The zero-order valence-corrected chi connectivity index (χ0v) is 19.9. The molecule has 32 heavy (non-hydrogen) atoms. The highest BCUT2D eigenvalue weighted by molar-refractivity contribution is 5.93. The van der Waals surface area contributed by atoms with Gasteiger partial charge in [0.25, 0.3) is 0 Å². The van der Waals surface area contributed by atoms with Gasteiger partial charge in [-0.25, -0.2) is 4.79 Å². The van der Waals surface area contributed by atoms with Crippen LogP contribution in [0.25, 0.3) is 0 Å². The summed E-state index contributed by atoms with van der Waals surface area (Å²) in [6.07, 6.45) is -1.29. The number of ether oxygens (including phenoxy) is 2. The van der Waals surface area contributed by atoms with Crippen LogP contribution in [0, 0.1) is 5.41 Å². The first-order chi connectivity index (χ1) is 14.7. The lowest BCUT2D eigenvalue weighted by Crippen LogP contribution is -2.58. The standard InChI is InChI=1S/C23H35N3O6/c1-22(2,3)18(20(29)24-7)26-19(28)16(25-21(30)32-23(4,5)6)13-17(27)31-14-15-11-9-8-10-12-15/h8-12,16,18H,13-14H2,1-7H3,(H,24,29)(H,25,30)(H,26,28). The summed E-state index contributed by atoms with van der Waals surface area (Å²) in [5.41, 5.74) is -0.621. The van der Waals surface area contributed by atoms with Gasteiger partial charge >= 0.3 is 12.1 Å². The molecule has 0 saturated heterocycles. The number of hydrogen-bond acceptors (Lipinski definition) is 6. The van der Waals surface area contributed by atoms with E-state index in [1.165, 1.54) is 7.05 Å². The lowest BCUT2D eigenvalue weighted by Gasteiger charge is -2.31. The smallest absolute Gasteiger partial charge is 0.408 e. The number of esters is 1. The molecule has 0 fully saturated rings. The van der Waals surface area contributed by atoms with E-state index < -0.39 is 53.4 Å². The molecule has 9 nitrogen and oxygen atoms in total. The molecular formula is C23H35N3O6. The van der Waals surface area contributed by atoms with Crippen LogP contribution >= 0.6 is 0 Å². The van der Waals surface area contributed by atoms with Gasteiger partial charge in [0.1, 0.15) is 24.3 Å². The molecule has 0 aromatic heterocycles. The Hall–Kier alpha value is -3.10. The Kier molecular flexibility index (Phi) is 9.68. The third kappa shape index (κ3) is 9.80. The molecule has 0 aliphatic rings. The SMILES string of the molecule is CNC(=O)C(NC(=O)C(CC(=O)OCc1ccccc1)NC(=O)OC(C)(C)C)C(C)(C)C. The molecule has 9 heteroatoms. The number of carbonyl (C=O) groups is 4. The van der Waals surface area contributed by atoms with Crippen LogP contribution in [0.5, 0.6) is 0 Å². The summed E-state index contributed by atoms with van der Waals surface area (Å²) in [5.74, 6) is -1.78. The van der Waals surface area contributed by atoms with Crippen LogP contribution in [0.2, 0.25) is 0 Å². The molecule has 1 aromatic rings. The summed E-state index contributed by atoms with van der Waals surface area (Å²) in [6.45, 7) is 10.4. The minimum Gasteiger partial charge on any atom is -0.461 e. The van der Waals surface area contributed by atoms with E-state index in [4.69, 9.17) is 9.47 Å².